The molecule has 0 bridgehead atoms. The normalized spacial score (nSPS) is 12.7. The highest BCUT2D eigenvalue weighted by Crippen LogP contribution is 2.16. The van der Waals surface area contributed by atoms with Gasteiger partial charge in [-0.05, 0) is 31.5 Å². The van der Waals surface area contributed by atoms with E-state index in [-0.39, 0.29) is 0 Å². The average molecular weight is 272 g/mol. The molecule has 0 heterocycles. The summed E-state index contributed by atoms with van der Waals surface area (Å²) in [4.78, 5) is 0. The molecule has 1 aromatic rings. The molecule has 0 aliphatic rings. The Morgan fingerprint density at radius 2 is 2.00 bits per heavy atom. The topological polar surface area (TPSA) is 21.3 Å². The maximum absolute atomic E-state index is 5.27. The molecular weight excluding hydrogens is 254 g/mol. The van der Waals surface area contributed by atoms with Gasteiger partial charge in [0.25, 0.3) is 0 Å². The lowest BCUT2D eigenvalue weighted by molar-refractivity contribution is 0.147. The summed E-state index contributed by atoms with van der Waals surface area (Å²) in [5.74, 6) is 0. The second-order valence-corrected chi connectivity index (χ2v) is 4.34. The number of hydrogen-bond acceptors (Lipinski definition) is 2. The van der Waals surface area contributed by atoms with Crippen LogP contribution in [-0.2, 0) is 4.74 Å². The van der Waals surface area contributed by atoms with E-state index in [0.717, 1.165) is 24.2 Å². The fourth-order valence-corrected chi connectivity index (χ4v) is 1.63. The van der Waals surface area contributed by atoms with E-state index in [1.165, 1.54) is 5.56 Å². The van der Waals surface area contributed by atoms with Crippen molar-refractivity contribution in [2.24, 2.45) is 0 Å². The fraction of sp³-hybridized carbons (Fsp3) is 0.500. The van der Waals surface area contributed by atoms with Gasteiger partial charge in [-0.3, -0.25) is 0 Å². The van der Waals surface area contributed by atoms with Gasteiger partial charge in [0.2, 0.25) is 0 Å². The molecule has 0 saturated heterocycles. The number of rotatable bonds is 6. The largest absolute Gasteiger partial charge is 0.380 e. The molecule has 1 N–H and O–H groups in total. The Hall–Kier alpha value is -0.380. The van der Waals surface area contributed by atoms with Gasteiger partial charge in [0.1, 0.15) is 0 Å². The molecule has 0 aliphatic heterocycles. The van der Waals surface area contributed by atoms with Crippen LogP contribution in [0.2, 0.25) is 0 Å². The zero-order valence-electron chi connectivity index (χ0n) is 9.29. The van der Waals surface area contributed by atoms with E-state index in [2.05, 4.69) is 52.4 Å². The van der Waals surface area contributed by atoms with Crippen molar-refractivity contribution in [2.45, 2.75) is 19.9 Å². The first-order valence-corrected chi connectivity index (χ1v) is 6.10. The predicted molar refractivity (Wildman–Crippen MR) is 67.1 cm³/mol. The summed E-state index contributed by atoms with van der Waals surface area (Å²) in [6, 6.07) is 8.76. The van der Waals surface area contributed by atoms with Gasteiger partial charge in [-0.15, -0.1) is 0 Å². The van der Waals surface area contributed by atoms with Crippen molar-refractivity contribution in [3.63, 3.8) is 0 Å². The van der Waals surface area contributed by atoms with Crippen LogP contribution in [0.5, 0.6) is 0 Å². The van der Waals surface area contributed by atoms with Crippen LogP contribution in [-0.4, -0.2) is 19.8 Å². The fourth-order valence-electron chi connectivity index (χ4n) is 1.36. The lowest BCUT2D eigenvalue weighted by Crippen LogP contribution is -2.23. The van der Waals surface area contributed by atoms with Crippen LogP contribution in [0.1, 0.15) is 25.5 Å². The molecule has 84 valence electrons. The molecule has 1 rings (SSSR count). The second kappa shape index (κ2) is 6.99. The maximum atomic E-state index is 5.27. The Morgan fingerprint density at radius 1 is 1.33 bits per heavy atom. The summed E-state index contributed by atoms with van der Waals surface area (Å²) in [6.07, 6.45) is 0. The summed E-state index contributed by atoms with van der Waals surface area (Å²) in [5, 5.41) is 3.41. The molecule has 0 spiro atoms. The third-order valence-electron chi connectivity index (χ3n) is 2.27. The second-order valence-electron chi connectivity index (χ2n) is 3.42. The quantitative estimate of drug-likeness (QED) is 0.803. The monoisotopic (exact) mass is 271 g/mol. The number of hydrogen-bond donors (Lipinski definition) is 1. The van der Waals surface area contributed by atoms with E-state index in [0.29, 0.717) is 6.04 Å². The molecular formula is C12H18BrNO. The SMILES string of the molecule is CCOCCN[C@H](C)c1ccc(Br)cc1. The molecule has 2 nitrogen and oxygen atoms in total. The van der Waals surface area contributed by atoms with E-state index in [1.54, 1.807) is 0 Å². The minimum Gasteiger partial charge on any atom is -0.380 e. The van der Waals surface area contributed by atoms with Gasteiger partial charge in [0.15, 0.2) is 0 Å². The van der Waals surface area contributed by atoms with Crippen molar-refractivity contribution in [2.75, 3.05) is 19.8 Å². The molecule has 3 heteroatoms. The number of halogens is 1. The summed E-state index contributed by atoms with van der Waals surface area (Å²) < 4.78 is 6.39. The van der Waals surface area contributed by atoms with Crippen LogP contribution in [0.4, 0.5) is 0 Å². The summed E-state index contributed by atoms with van der Waals surface area (Å²) >= 11 is 3.43. The van der Waals surface area contributed by atoms with Crippen LogP contribution in [0.15, 0.2) is 28.7 Å². The molecule has 1 atom stereocenters. The third kappa shape index (κ3) is 4.78. The Morgan fingerprint density at radius 3 is 2.60 bits per heavy atom. The Kier molecular flexibility index (Phi) is 5.91. The van der Waals surface area contributed by atoms with Crippen molar-refractivity contribution in [3.8, 4) is 0 Å². The van der Waals surface area contributed by atoms with Crippen LogP contribution < -0.4 is 5.32 Å². The highest BCUT2D eigenvalue weighted by Gasteiger charge is 2.03. The Balaban J connectivity index is 2.33. The van der Waals surface area contributed by atoms with Gasteiger partial charge in [0.05, 0.1) is 6.61 Å². The zero-order chi connectivity index (χ0) is 11.1. The van der Waals surface area contributed by atoms with Gasteiger partial charge in [-0.2, -0.15) is 0 Å². The minimum atomic E-state index is 0.374. The van der Waals surface area contributed by atoms with Gasteiger partial charge in [0, 0.05) is 23.7 Å². The molecule has 0 aromatic heterocycles. The average Bonchev–Trinajstić information content (AvgIpc) is 2.25. The van der Waals surface area contributed by atoms with Crippen LogP contribution in [0.25, 0.3) is 0 Å². The predicted octanol–water partition coefficient (Wildman–Crippen LogP) is 3.14. The zero-order valence-corrected chi connectivity index (χ0v) is 10.9. The lowest BCUT2D eigenvalue weighted by Gasteiger charge is -2.14. The van der Waals surface area contributed by atoms with E-state index in [4.69, 9.17) is 4.74 Å². The molecule has 1 aromatic carbocycles. The van der Waals surface area contributed by atoms with Crippen molar-refractivity contribution >= 4 is 15.9 Å². The molecule has 0 saturated carbocycles. The van der Waals surface area contributed by atoms with Gasteiger partial charge in [-0.1, -0.05) is 28.1 Å². The van der Waals surface area contributed by atoms with E-state index in [1.807, 2.05) is 6.92 Å². The standard InChI is InChI=1S/C12H18BrNO/c1-3-15-9-8-14-10(2)11-4-6-12(13)7-5-11/h4-7,10,14H,3,8-9H2,1-2H3/t10-/m1/s1. The minimum absolute atomic E-state index is 0.374. The summed E-state index contributed by atoms with van der Waals surface area (Å²) in [7, 11) is 0. The van der Waals surface area contributed by atoms with E-state index < -0.39 is 0 Å². The number of benzene rings is 1. The van der Waals surface area contributed by atoms with Crippen molar-refractivity contribution < 1.29 is 4.74 Å². The Labute approximate surface area is 100 Å². The number of ether oxygens (including phenoxy) is 1. The van der Waals surface area contributed by atoms with E-state index in [9.17, 15) is 0 Å². The smallest absolute Gasteiger partial charge is 0.0590 e. The van der Waals surface area contributed by atoms with E-state index >= 15 is 0 Å². The third-order valence-corrected chi connectivity index (χ3v) is 2.80. The molecule has 0 radical (unpaired) electrons. The van der Waals surface area contributed by atoms with Gasteiger partial charge < -0.3 is 10.1 Å². The molecule has 15 heavy (non-hydrogen) atoms. The Bertz CT molecular complexity index is 273. The highest BCUT2D eigenvalue weighted by atomic mass is 79.9. The molecule has 0 aliphatic carbocycles. The molecule has 0 amide bonds. The molecule has 0 unspecified atom stereocenters. The summed E-state index contributed by atoms with van der Waals surface area (Å²) in [6.45, 7) is 6.63. The van der Waals surface area contributed by atoms with Crippen molar-refractivity contribution in [1.82, 2.24) is 5.32 Å². The van der Waals surface area contributed by atoms with Crippen LogP contribution >= 0.6 is 15.9 Å². The first-order valence-electron chi connectivity index (χ1n) is 5.30. The summed E-state index contributed by atoms with van der Waals surface area (Å²) in [5.41, 5.74) is 1.30. The van der Waals surface area contributed by atoms with Crippen molar-refractivity contribution in [3.05, 3.63) is 34.3 Å². The maximum Gasteiger partial charge on any atom is 0.0590 e. The van der Waals surface area contributed by atoms with Crippen molar-refractivity contribution in [1.29, 1.82) is 0 Å². The first-order chi connectivity index (χ1) is 7.24. The lowest BCUT2D eigenvalue weighted by atomic mass is 10.1. The van der Waals surface area contributed by atoms with Gasteiger partial charge in [-0.25, -0.2) is 0 Å². The van der Waals surface area contributed by atoms with Crippen LogP contribution in [0.3, 0.4) is 0 Å². The first kappa shape index (κ1) is 12.7. The van der Waals surface area contributed by atoms with Crippen LogP contribution in [0, 0.1) is 0 Å². The number of nitrogens with one attached hydrogen (secondary N) is 1. The highest BCUT2D eigenvalue weighted by molar-refractivity contribution is 9.10. The molecule has 0 fully saturated rings. The van der Waals surface area contributed by atoms with Gasteiger partial charge >= 0.3 is 0 Å².